The minimum absolute atomic E-state index is 0.500. The van der Waals surface area contributed by atoms with Crippen LogP contribution in [0, 0.1) is 3.57 Å². The first-order valence-corrected chi connectivity index (χ1v) is 7.07. The third-order valence-electron chi connectivity index (χ3n) is 2.26. The van der Waals surface area contributed by atoms with Crippen LogP contribution in [0.25, 0.3) is 0 Å². The quantitative estimate of drug-likeness (QED) is 0.837. The number of thioether (sulfide) groups is 1. The van der Waals surface area contributed by atoms with Gasteiger partial charge in [0, 0.05) is 15.0 Å². The smallest absolute Gasteiger partial charge is 0.161 e. The van der Waals surface area contributed by atoms with E-state index in [2.05, 4.69) is 64.1 Å². The maximum Gasteiger partial charge on any atom is 0.161 e. The Labute approximate surface area is 108 Å². The van der Waals surface area contributed by atoms with Crippen molar-refractivity contribution < 1.29 is 0 Å². The molecule has 1 aromatic carbocycles. The van der Waals surface area contributed by atoms with Gasteiger partial charge in [0.2, 0.25) is 0 Å². The number of nitrogens with one attached hydrogen (secondary N) is 1. The molecule has 0 aromatic heterocycles. The Morgan fingerprint density at radius 3 is 3.13 bits per heavy atom. The molecule has 0 fully saturated rings. The standard InChI is InChI=1S/C11H13IN2S/c1-2-9-7-15-11(13-9)14-10-5-3-4-8(12)6-10/h3-6,9H,2,7H2,1H3,(H,13,14). The second kappa shape index (κ2) is 5.21. The van der Waals surface area contributed by atoms with E-state index in [1.165, 1.54) is 3.57 Å². The van der Waals surface area contributed by atoms with Crippen molar-refractivity contribution in [1.29, 1.82) is 0 Å². The predicted molar refractivity (Wildman–Crippen MR) is 76.8 cm³/mol. The molecule has 2 nitrogen and oxygen atoms in total. The van der Waals surface area contributed by atoms with Crippen LogP contribution in [0.5, 0.6) is 0 Å². The SMILES string of the molecule is CCC1CSC(Nc2cccc(I)c2)=N1. The minimum Gasteiger partial charge on any atom is -0.335 e. The van der Waals surface area contributed by atoms with E-state index in [4.69, 9.17) is 0 Å². The highest BCUT2D eigenvalue weighted by Crippen LogP contribution is 2.22. The number of aliphatic imine (C=N–C) groups is 1. The monoisotopic (exact) mass is 332 g/mol. The van der Waals surface area contributed by atoms with Crippen molar-refractivity contribution in [3.8, 4) is 0 Å². The molecule has 1 aliphatic heterocycles. The summed E-state index contributed by atoms with van der Waals surface area (Å²) in [7, 11) is 0. The molecule has 1 aromatic rings. The lowest BCUT2D eigenvalue weighted by Crippen LogP contribution is -2.05. The lowest BCUT2D eigenvalue weighted by atomic mass is 10.3. The molecular formula is C11H13IN2S. The maximum absolute atomic E-state index is 4.60. The van der Waals surface area contributed by atoms with Gasteiger partial charge >= 0.3 is 0 Å². The highest BCUT2D eigenvalue weighted by atomic mass is 127. The third-order valence-corrected chi connectivity index (χ3v) is 3.96. The molecule has 1 unspecified atom stereocenters. The lowest BCUT2D eigenvalue weighted by molar-refractivity contribution is 0.738. The molecule has 0 bridgehead atoms. The van der Waals surface area contributed by atoms with Gasteiger partial charge in [-0.1, -0.05) is 24.8 Å². The second-order valence-electron chi connectivity index (χ2n) is 3.44. The fourth-order valence-electron chi connectivity index (χ4n) is 1.38. The summed E-state index contributed by atoms with van der Waals surface area (Å²) in [6, 6.07) is 8.85. The number of hydrogen-bond donors (Lipinski definition) is 1. The summed E-state index contributed by atoms with van der Waals surface area (Å²) in [5.74, 6) is 1.11. The number of amidine groups is 1. The number of halogens is 1. The van der Waals surface area contributed by atoms with Gasteiger partial charge in [0.05, 0.1) is 6.04 Å². The molecule has 1 N–H and O–H groups in total. The summed E-state index contributed by atoms with van der Waals surface area (Å²) in [5.41, 5.74) is 1.13. The molecule has 4 heteroatoms. The van der Waals surface area contributed by atoms with E-state index in [0.717, 1.165) is 23.0 Å². The van der Waals surface area contributed by atoms with Gasteiger partial charge in [0.1, 0.15) is 0 Å². The molecular weight excluding hydrogens is 319 g/mol. The van der Waals surface area contributed by atoms with E-state index in [0.29, 0.717) is 6.04 Å². The van der Waals surface area contributed by atoms with Crippen LogP contribution >= 0.6 is 34.4 Å². The zero-order valence-corrected chi connectivity index (χ0v) is 11.5. The van der Waals surface area contributed by atoms with Gasteiger partial charge in [-0.25, -0.2) is 0 Å². The van der Waals surface area contributed by atoms with Crippen LogP contribution in [-0.2, 0) is 0 Å². The van der Waals surface area contributed by atoms with Crippen molar-refractivity contribution in [2.75, 3.05) is 11.1 Å². The Bertz CT molecular complexity index is 379. The van der Waals surface area contributed by atoms with Crippen molar-refractivity contribution in [3.05, 3.63) is 27.8 Å². The summed E-state index contributed by atoms with van der Waals surface area (Å²) in [5, 5.41) is 4.41. The molecule has 2 rings (SSSR count). The topological polar surface area (TPSA) is 24.4 Å². The van der Waals surface area contributed by atoms with Crippen LogP contribution in [0.4, 0.5) is 5.69 Å². The van der Waals surface area contributed by atoms with Crippen molar-refractivity contribution in [2.24, 2.45) is 4.99 Å². The minimum atomic E-state index is 0.500. The Kier molecular flexibility index (Phi) is 3.91. The van der Waals surface area contributed by atoms with Crippen LogP contribution in [-0.4, -0.2) is 17.0 Å². The summed E-state index contributed by atoms with van der Waals surface area (Å²) in [6.07, 6.45) is 1.13. The number of benzene rings is 1. The summed E-state index contributed by atoms with van der Waals surface area (Å²) in [4.78, 5) is 4.60. The zero-order chi connectivity index (χ0) is 10.7. The van der Waals surface area contributed by atoms with Crippen molar-refractivity contribution >= 4 is 45.2 Å². The van der Waals surface area contributed by atoms with E-state index in [-0.39, 0.29) is 0 Å². The molecule has 0 radical (unpaired) electrons. The van der Waals surface area contributed by atoms with E-state index < -0.39 is 0 Å². The first kappa shape index (κ1) is 11.3. The normalized spacial score (nSPS) is 20.1. The van der Waals surface area contributed by atoms with Crippen LogP contribution < -0.4 is 5.32 Å². The molecule has 0 saturated heterocycles. The molecule has 0 aliphatic carbocycles. The summed E-state index contributed by atoms with van der Waals surface area (Å²) in [6.45, 7) is 2.18. The van der Waals surface area contributed by atoms with Gasteiger partial charge in [-0.05, 0) is 47.2 Å². The maximum atomic E-state index is 4.60. The number of anilines is 1. The summed E-state index contributed by atoms with van der Waals surface area (Å²) < 4.78 is 1.24. The summed E-state index contributed by atoms with van der Waals surface area (Å²) >= 11 is 4.13. The number of nitrogens with zero attached hydrogens (tertiary/aromatic N) is 1. The first-order valence-electron chi connectivity index (χ1n) is 5.01. The molecule has 1 atom stereocenters. The molecule has 0 spiro atoms. The molecule has 15 heavy (non-hydrogen) atoms. The van der Waals surface area contributed by atoms with E-state index in [9.17, 15) is 0 Å². The average molecular weight is 332 g/mol. The van der Waals surface area contributed by atoms with Crippen LogP contribution in [0.3, 0.4) is 0 Å². The Hall–Kier alpha value is -0.230. The van der Waals surface area contributed by atoms with E-state index in [1.807, 2.05) is 11.8 Å². The van der Waals surface area contributed by atoms with E-state index in [1.54, 1.807) is 0 Å². The molecule has 1 heterocycles. The van der Waals surface area contributed by atoms with Crippen LogP contribution in [0.2, 0.25) is 0 Å². The highest BCUT2D eigenvalue weighted by Gasteiger charge is 2.16. The average Bonchev–Trinajstić information content (AvgIpc) is 2.65. The van der Waals surface area contributed by atoms with Gasteiger partial charge in [0.15, 0.2) is 5.17 Å². The van der Waals surface area contributed by atoms with Crippen molar-refractivity contribution in [1.82, 2.24) is 0 Å². The van der Waals surface area contributed by atoms with E-state index >= 15 is 0 Å². The molecule has 80 valence electrons. The van der Waals surface area contributed by atoms with Gasteiger partial charge < -0.3 is 5.32 Å². The van der Waals surface area contributed by atoms with Gasteiger partial charge in [-0.3, -0.25) is 4.99 Å². The number of rotatable bonds is 2. The van der Waals surface area contributed by atoms with Crippen molar-refractivity contribution in [2.45, 2.75) is 19.4 Å². The first-order chi connectivity index (χ1) is 7.28. The Morgan fingerprint density at radius 1 is 1.60 bits per heavy atom. The fraction of sp³-hybridized carbons (Fsp3) is 0.364. The van der Waals surface area contributed by atoms with Gasteiger partial charge in [-0.15, -0.1) is 0 Å². The Balaban J connectivity index is 2.03. The molecule has 1 aliphatic rings. The largest absolute Gasteiger partial charge is 0.335 e. The van der Waals surface area contributed by atoms with Crippen LogP contribution in [0.1, 0.15) is 13.3 Å². The fourth-order valence-corrected chi connectivity index (χ4v) is 3.00. The Morgan fingerprint density at radius 2 is 2.47 bits per heavy atom. The zero-order valence-electron chi connectivity index (χ0n) is 8.53. The molecule has 0 saturated carbocycles. The van der Waals surface area contributed by atoms with Crippen LogP contribution in [0.15, 0.2) is 29.3 Å². The third kappa shape index (κ3) is 3.11. The van der Waals surface area contributed by atoms with Gasteiger partial charge in [-0.2, -0.15) is 0 Å². The number of hydrogen-bond acceptors (Lipinski definition) is 3. The lowest BCUT2D eigenvalue weighted by Gasteiger charge is -2.04. The van der Waals surface area contributed by atoms with Crippen molar-refractivity contribution in [3.63, 3.8) is 0 Å². The van der Waals surface area contributed by atoms with Gasteiger partial charge in [0.25, 0.3) is 0 Å². The highest BCUT2D eigenvalue weighted by molar-refractivity contribution is 14.1. The molecule has 0 amide bonds. The predicted octanol–water partition coefficient (Wildman–Crippen LogP) is 3.58. The second-order valence-corrected chi connectivity index (χ2v) is 5.70.